The van der Waals surface area contributed by atoms with Gasteiger partial charge < -0.3 is 9.84 Å². The monoisotopic (exact) mass is 208 g/mol. The molecule has 3 nitrogen and oxygen atoms in total. The zero-order chi connectivity index (χ0) is 11.4. The van der Waals surface area contributed by atoms with E-state index in [1.807, 2.05) is 32.0 Å². The van der Waals surface area contributed by atoms with Gasteiger partial charge in [0, 0.05) is 0 Å². The van der Waals surface area contributed by atoms with Gasteiger partial charge in [-0.25, -0.2) is 0 Å². The van der Waals surface area contributed by atoms with Crippen LogP contribution in [-0.2, 0) is 4.79 Å². The highest BCUT2D eigenvalue weighted by molar-refractivity contribution is 5.76. The lowest BCUT2D eigenvalue weighted by molar-refractivity contribution is -0.139. The molecule has 0 spiro atoms. The third-order valence-corrected chi connectivity index (χ3v) is 2.39. The quantitative estimate of drug-likeness (QED) is 0.827. The third-order valence-electron chi connectivity index (χ3n) is 2.39. The number of hydrogen-bond acceptors (Lipinski definition) is 2. The van der Waals surface area contributed by atoms with Crippen molar-refractivity contribution in [3.8, 4) is 5.75 Å². The topological polar surface area (TPSA) is 46.5 Å². The summed E-state index contributed by atoms with van der Waals surface area (Å²) in [5, 5.41) is 9.12. The number of rotatable bonds is 4. The van der Waals surface area contributed by atoms with Crippen LogP contribution in [0.5, 0.6) is 5.75 Å². The number of carboxylic acids is 1. The molecule has 0 aliphatic carbocycles. The van der Waals surface area contributed by atoms with E-state index in [1.165, 1.54) is 0 Å². The van der Waals surface area contributed by atoms with Crippen molar-refractivity contribution in [3.05, 3.63) is 29.8 Å². The second-order valence-corrected chi connectivity index (χ2v) is 3.84. The second kappa shape index (κ2) is 4.82. The van der Waals surface area contributed by atoms with E-state index >= 15 is 0 Å². The van der Waals surface area contributed by atoms with Gasteiger partial charge in [-0.05, 0) is 23.6 Å². The molecule has 15 heavy (non-hydrogen) atoms. The molecule has 1 aromatic rings. The van der Waals surface area contributed by atoms with Gasteiger partial charge in [-0.2, -0.15) is 0 Å². The molecule has 0 fully saturated rings. The molecule has 82 valence electrons. The van der Waals surface area contributed by atoms with Crippen molar-refractivity contribution in [1.82, 2.24) is 0 Å². The molecule has 0 heterocycles. The standard InChI is InChI=1S/C12H16O3/c1-8(2)11(12(13)14)9-5-4-6-10(7-9)15-3/h4-8,11H,1-3H3,(H,13,14)/t11-/m0/s1. The van der Waals surface area contributed by atoms with Crippen molar-refractivity contribution >= 4 is 5.97 Å². The van der Waals surface area contributed by atoms with Gasteiger partial charge in [0.25, 0.3) is 0 Å². The summed E-state index contributed by atoms with van der Waals surface area (Å²) >= 11 is 0. The maximum absolute atomic E-state index is 11.1. The Hall–Kier alpha value is -1.51. The van der Waals surface area contributed by atoms with Crippen LogP contribution in [0.2, 0.25) is 0 Å². The van der Waals surface area contributed by atoms with Crippen LogP contribution in [0.1, 0.15) is 25.3 Å². The van der Waals surface area contributed by atoms with Crippen molar-refractivity contribution in [2.24, 2.45) is 5.92 Å². The van der Waals surface area contributed by atoms with Gasteiger partial charge in [0.05, 0.1) is 13.0 Å². The van der Waals surface area contributed by atoms with E-state index in [1.54, 1.807) is 13.2 Å². The SMILES string of the molecule is COc1cccc([C@@H](C(=O)O)C(C)C)c1. The molecular weight excluding hydrogens is 192 g/mol. The fourth-order valence-corrected chi connectivity index (χ4v) is 1.65. The number of carbonyl (C=O) groups is 1. The molecule has 0 bridgehead atoms. The smallest absolute Gasteiger partial charge is 0.311 e. The zero-order valence-electron chi connectivity index (χ0n) is 9.23. The summed E-state index contributed by atoms with van der Waals surface area (Å²) in [6.45, 7) is 3.80. The Kier molecular flexibility index (Phi) is 3.72. The summed E-state index contributed by atoms with van der Waals surface area (Å²) < 4.78 is 5.07. The molecule has 0 radical (unpaired) electrons. The Balaban J connectivity index is 3.05. The van der Waals surface area contributed by atoms with Gasteiger partial charge in [0.2, 0.25) is 0 Å². The Morgan fingerprint density at radius 3 is 2.53 bits per heavy atom. The molecule has 1 N–H and O–H groups in total. The van der Waals surface area contributed by atoms with Gasteiger partial charge in [-0.15, -0.1) is 0 Å². The Labute approximate surface area is 89.7 Å². The zero-order valence-corrected chi connectivity index (χ0v) is 9.23. The molecule has 0 aliphatic heterocycles. The fraction of sp³-hybridized carbons (Fsp3) is 0.417. The van der Waals surface area contributed by atoms with Gasteiger partial charge in [-0.1, -0.05) is 26.0 Å². The van der Waals surface area contributed by atoms with E-state index in [2.05, 4.69) is 0 Å². The summed E-state index contributed by atoms with van der Waals surface area (Å²) in [5.74, 6) is -0.507. The molecular formula is C12H16O3. The number of carboxylic acid groups (broad SMARTS) is 1. The highest BCUT2D eigenvalue weighted by atomic mass is 16.5. The van der Waals surface area contributed by atoms with E-state index < -0.39 is 11.9 Å². The van der Waals surface area contributed by atoms with Crippen molar-refractivity contribution in [3.63, 3.8) is 0 Å². The van der Waals surface area contributed by atoms with Crippen molar-refractivity contribution < 1.29 is 14.6 Å². The predicted octanol–water partition coefficient (Wildman–Crippen LogP) is 2.52. The molecule has 0 aliphatic rings. The van der Waals surface area contributed by atoms with E-state index in [4.69, 9.17) is 9.84 Å². The highest BCUT2D eigenvalue weighted by Crippen LogP contribution is 2.27. The maximum atomic E-state index is 11.1. The first-order valence-corrected chi connectivity index (χ1v) is 4.93. The van der Waals surface area contributed by atoms with Gasteiger partial charge in [0.1, 0.15) is 5.75 Å². The highest BCUT2D eigenvalue weighted by Gasteiger charge is 2.23. The summed E-state index contributed by atoms with van der Waals surface area (Å²) in [4.78, 5) is 11.1. The Morgan fingerprint density at radius 1 is 1.40 bits per heavy atom. The van der Waals surface area contributed by atoms with E-state index in [0.29, 0.717) is 5.75 Å². The molecule has 0 unspecified atom stereocenters. The largest absolute Gasteiger partial charge is 0.497 e. The van der Waals surface area contributed by atoms with E-state index in [0.717, 1.165) is 5.56 Å². The van der Waals surface area contributed by atoms with Crippen LogP contribution in [0, 0.1) is 5.92 Å². The van der Waals surface area contributed by atoms with Crippen LogP contribution in [0.3, 0.4) is 0 Å². The van der Waals surface area contributed by atoms with Crippen LogP contribution in [0.15, 0.2) is 24.3 Å². The summed E-state index contributed by atoms with van der Waals surface area (Å²) in [7, 11) is 1.57. The minimum absolute atomic E-state index is 0.0645. The van der Waals surface area contributed by atoms with Crippen LogP contribution in [-0.4, -0.2) is 18.2 Å². The molecule has 0 saturated heterocycles. The number of ether oxygens (including phenoxy) is 1. The summed E-state index contributed by atoms with van der Waals surface area (Å²) in [6, 6.07) is 7.22. The average molecular weight is 208 g/mol. The van der Waals surface area contributed by atoms with Crippen LogP contribution < -0.4 is 4.74 Å². The minimum atomic E-state index is -0.793. The van der Waals surface area contributed by atoms with Crippen LogP contribution in [0.25, 0.3) is 0 Å². The van der Waals surface area contributed by atoms with Gasteiger partial charge in [0.15, 0.2) is 0 Å². The Morgan fingerprint density at radius 2 is 2.07 bits per heavy atom. The summed E-state index contributed by atoms with van der Waals surface area (Å²) in [6.07, 6.45) is 0. The van der Waals surface area contributed by atoms with Crippen molar-refractivity contribution in [1.29, 1.82) is 0 Å². The number of hydrogen-bond donors (Lipinski definition) is 1. The fourth-order valence-electron chi connectivity index (χ4n) is 1.65. The minimum Gasteiger partial charge on any atom is -0.497 e. The number of methoxy groups -OCH3 is 1. The lowest BCUT2D eigenvalue weighted by atomic mass is 9.88. The second-order valence-electron chi connectivity index (χ2n) is 3.84. The maximum Gasteiger partial charge on any atom is 0.311 e. The first-order chi connectivity index (χ1) is 7.06. The van der Waals surface area contributed by atoms with E-state index in [-0.39, 0.29) is 5.92 Å². The lowest BCUT2D eigenvalue weighted by Gasteiger charge is -2.17. The van der Waals surface area contributed by atoms with Gasteiger partial charge in [-0.3, -0.25) is 4.79 Å². The molecule has 0 aromatic heterocycles. The lowest BCUT2D eigenvalue weighted by Crippen LogP contribution is -2.17. The average Bonchev–Trinajstić information content (AvgIpc) is 2.17. The van der Waals surface area contributed by atoms with Crippen LogP contribution >= 0.6 is 0 Å². The predicted molar refractivity (Wildman–Crippen MR) is 58.2 cm³/mol. The molecule has 0 amide bonds. The Bertz CT molecular complexity index is 344. The normalized spacial score (nSPS) is 12.5. The molecule has 0 saturated carbocycles. The molecule has 1 rings (SSSR count). The molecule has 3 heteroatoms. The first-order valence-electron chi connectivity index (χ1n) is 4.93. The van der Waals surface area contributed by atoms with Crippen LogP contribution in [0.4, 0.5) is 0 Å². The molecule has 1 atom stereocenters. The summed E-state index contributed by atoms with van der Waals surface area (Å²) in [5.41, 5.74) is 0.789. The number of aliphatic carboxylic acids is 1. The third kappa shape index (κ3) is 2.72. The van der Waals surface area contributed by atoms with Crippen molar-refractivity contribution in [2.75, 3.05) is 7.11 Å². The van der Waals surface area contributed by atoms with Crippen molar-refractivity contribution in [2.45, 2.75) is 19.8 Å². The van der Waals surface area contributed by atoms with Gasteiger partial charge >= 0.3 is 5.97 Å². The molecule has 1 aromatic carbocycles. The first kappa shape index (κ1) is 11.6. The van der Waals surface area contributed by atoms with E-state index in [9.17, 15) is 4.79 Å². The number of benzene rings is 1.